The van der Waals surface area contributed by atoms with Gasteiger partial charge >= 0.3 is 0 Å². The lowest BCUT2D eigenvalue weighted by Crippen LogP contribution is -2.16. The number of hydrogen-bond donors (Lipinski definition) is 0. The standard InChI is InChI=1S/C9H14O/c1-8-2-3-9(6-8)4-5-10-7-9/h2H,3-7H2,1H3. The van der Waals surface area contributed by atoms with Crippen LogP contribution in [0.1, 0.15) is 26.2 Å². The second kappa shape index (κ2) is 2.09. The molecule has 10 heavy (non-hydrogen) atoms. The molecule has 1 spiro atoms. The van der Waals surface area contributed by atoms with Crippen LogP contribution >= 0.6 is 0 Å². The number of allylic oxidation sites excluding steroid dienone is 2. The fourth-order valence-corrected chi connectivity index (χ4v) is 2.08. The Morgan fingerprint density at radius 3 is 3.00 bits per heavy atom. The summed E-state index contributed by atoms with van der Waals surface area (Å²) in [6.45, 7) is 4.22. The third-order valence-corrected chi connectivity index (χ3v) is 2.72. The first kappa shape index (κ1) is 6.41. The van der Waals surface area contributed by atoms with Crippen LogP contribution in [-0.2, 0) is 4.74 Å². The highest BCUT2D eigenvalue weighted by molar-refractivity contribution is 5.13. The quantitative estimate of drug-likeness (QED) is 0.466. The molecule has 2 rings (SSSR count). The van der Waals surface area contributed by atoms with Crippen LogP contribution in [0.4, 0.5) is 0 Å². The zero-order chi connectivity index (χ0) is 7.03. The molecule has 1 nitrogen and oxygen atoms in total. The van der Waals surface area contributed by atoms with E-state index in [1.54, 1.807) is 5.57 Å². The Morgan fingerprint density at radius 1 is 1.60 bits per heavy atom. The molecule has 1 saturated heterocycles. The van der Waals surface area contributed by atoms with E-state index in [0.29, 0.717) is 5.41 Å². The molecule has 0 saturated carbocycles. The zero-order valence-electron chi connectivity index (χ0n) is 6.52. The van der Waals surface area contributed by atoms with E-state index in [1.165, 1.54) is 19.3 Å². The maximum atomic E-state index is 5.40. The Labute approximate surface area is 62.1 Å². The van der Waals surface area contributed by atoms with Gasteiger partial charge < -0.3 is 4.74 Å². The Hall–Kier alpha value is -0.300. The largest absolute Gasteiger partial charge is 0.381 e. The van der Waals surface area contributed by atoms with Crippen molar-refractivity contribution in [2.75, 3.05) is 13.2 Å². The summed E-state index contributed by atoms with van der Waals surface area (Å²) in [6, 6.07) is 0. The van der Waals surface area contributed by atoms with Crippen molar-refractivity contribution in [1.29, 1.82) is 0 Å². The summed E-state index contributed by atoms with van der Waals surface area (Å²) in [6.07, 6.45) is 6.20. The Balaban J connectivity index is 2.07. The van der Waals surface area contributed by atoms with Crippen molar-refractivity contribution in [2.45, 2.75) is 26.2 Å². The van der Waals surface area contributed by atoms with Crippen molar-refractivity contribution in [1.82, 2.24) is 0 Å². The molecule has 0 aromatic carbocycles. The van der Waals surface area contributed by atoms with Gasteiger partial charge in [0.2, 0.25) is 0 Å². The van der Waals surface area contributed by atoms with Crippen LogP contribution in [0, 0.1) is 5.41 Å². The molecule has 1 aliphatic heterocycles. The van der Waals surface area contributed by atoms with E-state index in [1.807, 2.05) is 0 Å². The molecule has 1 aliphatic carbocycles. The van der Waals surface area contributed by atoms with Gasteiger partial charge in [0.25, 0.3) is 0 Å². The topological polar surface area (TPSA) is 9.23 Å². The second-order valence-electron chi connectivity index (χ2n) is 3.73. The second-order valence-corrected chi connectivity index (χ2v) is 3.73. The highest BCUT2D eigenvalue weighted by atomic mass is 16.5. The first-order valence-corrected chi connectivity index (χ1v) is 4.04. The first-order chi connectivity index (χ1) is 4.81. The summed E-state index contributed by atoms with van der Waals surface area (Å²) in [7, 11) is 0. The van der Waals surface area contributed by atoms with E-state index in [9.17, 15) is 0 Å². The number of rotatable bonds is 0. The molecule has 1 heteroatoms. The molecule has 56 valence electrons. The molecule has 0 aromatic rings. The van der Waals surface area contributed by atoms with Crippen molar-refractivity contribution >= 4 is 0 Å². The van der Waals surface area contributed by atoms with Gasteiger partial charge in [-0.25, -0.2) is 0 Å². The third-order valence-electron chi connectivity index (χ3n) is 2.72. The van der Waals surface area contributed by atoms with Gasteiger partial charge in [-0.3, -0.25) is 0 Å². The molecule has 1 fully saturated rings. The smallest absolute Gasteiger partial charge is 0.0529 e. The van der Waals surface area contributed by atoms with E-state index in [2.05, 4.69) is 13.0 Å². The Bertz CT molecular complexity index is 164. The Kier molecular flexibility index (Phi) is 1.34. The van der Waals surface area contributed by atoms with Crippen molar-refractivity contribution in [3.05, 3.63) is 11.6 Å². The average Bonchev–Trinajstić information content (AvgIpc) is 2.46. The fourth-order valence-electron chi connectivity index (χ4n) is 2.08. The van der Waals surface area contributed by atoms with Gasteiger partial charge in [0.05, 0.1) is 6.61 Å². The lowest BCUT2D eigenvalue weighted by molar-refractivity contribution is 0.156. The van der Waals surface area contributed by atoms with E-state index in [4.69, 9.17) is 4.74 Å². The summed E-state index contributed by atoms with van der Waals surface area (Å²) in [4.78, 5) is 0. The van der Waals surface area contributed by atoms with E-state index < -0.39 is 0 Å². The molecule has 2 aliphatic rings. The minimum atomic E-state index is 0.546. The van der Waals surface area contributed by atoms with Crippen LogP contribution in [0.3, 0.4) is 0 Å². The first-order valence-electron chi connectivity index (χ1n) is 4.04. The third kappa shape index (κ3) is 0.891. The zero-order valence-corrected chi connectivity index (χ0v) is 6.52. The summed E-state index contributed by atoms with van der Waals surface area (Å²) >= 11 is 0. The molecule has 0 N–H and O–H groups in total. The van der Waals surface area contributed by atoms with E-state index in [0.717, 1.165) is 13.2 Å². The minimum absolute atomic E-state index is 0.546. The molecular weight excluding hydrogens is 124 g/mol. The molecule has 0 bridgehead atoms. The van der Waals surface area contributed by atoms with Crippen LogP contribution in [0.2, 0.25) is 0 Å². The van der Waals surface area contributed by atoms with Crippen LogP contribution in [0.5, 0.6) is 0 Å². The molecular formula is C9H14O. The monoisotopic (exact) mass is 138 g/mol. The minimum Gasteiger partial charge on any atom is -0.381 e. The summed E-state index contributed by atoms with van der Waals surface area (Å²) in [5.74, 6) is 0. The normalized spacial score (nSPS) is 39.1. The van der Waals surface area contributed by atoms with Crippen molar-refractivity contribution in [2.24, 2.45) is 5.41 Å². The summed E-state index contributed by atoms with van der Waals surface area (Å²) in [5.41, 5.74) is 2.11. The molecule has 0 radical (unpaired) electrons. The highest BCUT2D eigenvalue weighted by Crippen LogP contribution is 2.43. The van der Waals surface area contributed by atoms with Crippen LogP contribution in [0.25, 0.3) is 0 Å². The molecule has 0 amide bonds. The fraction of sp³-hybridized carbons (Fsp3) is 0.778. The lowest BCUT2D eigenvalue weighted by Gasteiger charge is -2.19. The SMILES string of the molecule is CC1=CCC2(CCOC2)C1. The predicted octanol–water partition coefficient (Wildman–Crippen LogP) is 2.13. The van der Waals surface area contributed by atoms with Gasteiger partial charge in [-0.1, -0.05) is 11.6 Å². The molecule has 1 atom stereocenters. The maximum absolute atomic E-state index is 5.40. The Morgan fingerprint density at radius 2 is 2.50 bits per heavy atom. The van der Waals surface area contributed by atoms with Crippen molar-refractivity contribution < 1.29 is 4.74 Å². The van der Waals surface area contributed by atoms with Crippen LogP contribution in [-0.4, -0.2) is 13.2 Å². The van der Waals surface area contributed by atoms with Crippen LogP contribution in [0.15, 0.2) is 11.6 Å². The lowest BCUT2D eigenvalue weighted by atomic mass is 9.84. The average molecular weight is 138 g/mol. The summed E-state index contributed by atoms with van der Waals surface area (Å²) in [5, 5.41) is 0. The summed E-state index contributed by atoms with van der Waals surface area (Å²) < 4.78 is 5.40. The van der Waals surface area contributed by atoms with Gasteiger partial charge in [0.15, 0.2) is 0 Å². The van der Waals surface area contributed by atoms with E-state index >= 15 is 0 Å². The van der Waals surface area contributed by atoms with E-state index in [-0.39, 0.29) is 0 Å². The van der Waals surface area contributed by atoms with Crippen LogP contribution < -0.4 is 0 Å². The molecule has 0 aromatic heterocycles. The van der Waals surface area contributed by atoms with Gasteiger partial charge in [-0.15, -0.1) is 0 Å². The molecule has 1 unspecified atom stereocenters. The number of hydrogen-bond acceptors (Lipinski definition) is 1. The van der Waals surface area contributed by atoms with Gasteiger partial charge in [0, 0.05) is 12.0 Å². The van der Waals surface area contributed by atoms with Gasteiger partial charge in [-0.05, 0) is 26.2 Å². The molecule has 1 heterocycles. The highest BCUT2D eigenvalue weighted by Gasteiger charge is 2.36. The maximum Gasteiger partial charge on any atom is 0.0529 e. The van der Waals surface area contributed by atoms with Crippen molar-refractivity contribution in [3.63, 3.8) is 0 Å². The van der Waals surface area contributed by atoms with Gasteiger partial charge in [0.1, 0.15) is 0 Å². The predicted molar refractivity (Wildman–Crippen MR) is 40.9 cm³/mol. The number of ether oxygens (including phenoxy) is 1. The van der Waals surface area contributed by atoms with Gasteiger partial charge in [-0.2, -0.15) is 0 Å². The van der Waals surface area contributed by atoms with Crippen molar-refractivity contribution in [3.8, 4) is 0 Å².